The van der Waals surface area contributed by atoms with Crippen molar-refractivity contribution < 1.29 is 4.79 Å². The topological polar surface area (TPSA) is 53.2 Å². The molecule has 3 N–H and O–H groups in total. The first-order valence-electron chi connectivity index (χ1n) is 6.84. The van der Waals surface area contributed by atoms with Crippen molar-refractivity contribution in [2.75, 3.05) is 7.05 Å². The summed E-state index contributed by atoms with van der Waals surface area (Å²) in [4.78, 5) is 9.56. The number of amides is 1. The Bertz CT molecular complexity index is 490. The van der Waals surface area contributed by atoms with E-state index in [2.05, 4.69) is 82.4 Å². The van der Waals surface area contributed by atoms with Crippen molar-refractivity contribution in [3.63, 3.8) is 0 Å². The number of carbonyl (C=O) groups is 1. The number of thiocarbonyl (C=S) groups is 1. The second-order valence-corrected chi connectivity index (χ2v) is 6.87. The van der Waals surface area contributed by atoms with Crippen LogP contribution in [0.15, 0.2) is 28.7 Å². The minimum atomic E-state index is 0.386. The van der Waals surface area contributed by atoms with Crippen LogP contribution in [-0.2, 0) is 10.2 Å². The standard InChI is InChI=1S/C12H15Br.C3H7N3OS/c1-9-7-12(2,8-9)10-4-3-5-11(13)6-10;1-4-3(8)6-5-2-7/h3-6,9H,7-8H2,1-2H3;2H,1H3,(H,5,7)(H2,4,6,8). The van der Waals surface area contributed by atoms with Gasteiger partial charge in [-0.25, -0.2) is 0 Å². The molecule has 116 valence electrons. The predicted octanol–water partition coefficient (Wildman–Crippen LogP) is 2.88. The van der Waals surface area contributed by atoms with Crippen LogP contribution in [0, 0.1) is 5.92 Å². The van der Waals surface area contributed by atoms with Gasteiger partial charge in [0.25, 0.3) is 0 Å². The average Bonchev–Trinajstić information content (AvgIpc) is 2.44. The average molecular weight is 372 g/mol. The van der Waals surface area contributed by atoms with Crippen LogP contribution in [0.5, 0.6) is 0 Å². The monoisotopic (exact) mass is 371 g/mol. The van der Waals surface area contributed by atoms with Gasteiger partial charge in [-0.2, -0.15) is 0 Å². The maximum Gasteiger partial charge on any atom is 0.225 e. The lowest BCUT2D eigenvalue weighted by molar-refractivity contribution is -0.110. The third-order valence-corrected chi connectivity index (χ3v) is 4.39. The molecule has 0 unspecified atom stereocenters. The fourth-order valence-electron chi connectivity index (χ4n) is 2.74. The Morgan fingerprint density at radius 3 is 2.62 bits per heavy atom. The van der Waals surface area contributed by atoms with Crippen molar-refractivity contribution in [2.45, 2.75) is 32.1 Å². The van der Waals surface area contributed by atoms with Gasteiger partial charge >= 0.3 is 0 Å². The van der Waals surface area contributed by atoms with Gasteiger partial charge in [-0.1, -0.05) is 41.9 Å². The van der Waals surface area contributed by atoms with E-state index in [1.807, 2.05) is 0 Å². The van der Waals surface area contributed by atoms with Crippen LogP contribution in [0.1, 0.15) is 32.3 Å². The Labute approximate surface area is 140 Å². The van der Waals surface area contributed by atoms with Crippen molar-refractivity contribution >= 4 is 39.7 Å². The normalized spacial score (nSPS) is 23.0. The van der Waals surface area contributed by atoms with E-state index in [0.717, 1.165) is 5.92 Å². The van der Waals surface area contributed by atoms with Crippen LogP contribution in [0.25, 0.3) is 0 Å². The van der Waals surface area contributed by atoms with Crippen LogP contribution in [-0.4, -0.2) is 18.6 Å². The van der Waals surface area contributed by atoms with E-state index in [0.29, 0.717) is 16.9 Å². The van der Waals surface area contributed by atoms with Gasteiger partial charge in [-0.15, -0.1) is 0 Å². The quantitative estimate of drug-likeness (QED) is 0.434. The number of rotatable bonds is 3. The molecule has 0 radical (unpaired) electrons. The minimum absolute atomic E-state index is 0.386. The van der Waals surface area contributed by atoms with Crippen LogP contribution < -0.4 is 16.2 Å². The molecule has 0 spiro atoms. The number of benzene rings is 1. The van der Waals surface area contributed by atoms with E-state index in [4.69, 9.17) is 0 Å². The molecule has 1 aliphatic carbocycles. The Hall–Kier alpha value is -1.14. The van der Waals surface area contributed by atoms with Gasteiger partial charge in [-0.3, -0.25) is 15.6 Å². The van der Waals surface area contributed by atoms with Crippen LogP contribution >= 0.6 is 28.1 Å². The number of hydrazine groups is 1. The van der Waals surface area contributed by atoms with Gasteiger partial charge in [0.15, 0.2) is 5.11 Å². The molecule has 0 atom stereocenters. The molecule has 0 heterocycles. The highest BCUT2D eigenvalue weighted by Gasteiger charge is 2.38. The van der Waals surface area contributed by atoms with Crippen molar-refractivity contribution in [2.24, 2.45) is 5.92 Å². The van der Waals surface area contributed by atoms with Gasteiger partial charge in [-0.05, 0) is 54.1 Å². The molecule has 0 saturated heterocycles. The summed E-state index contributed by atoms with van der Waals surface area (Å²) in [5.41, 5.74) is 6.48. The number of halogens is 1. The maximum absolute atomic E-state index is 9.56. The summed E-state index contributed by atoms with van der Waals surface area (Å²) in [5.74, 6) is 0.906. The molecule has 0 aromatic heterocycles. The SMILES string of the molecule is CC1CC(C)(c2cccc(Br)c2)C1.CNC(=S)NNC=O. The van der Waals surface area contributed by atoms with Crippen LogP contribution in [0.4, 0.5) is 0 Å². The number of carbonyl (C=O) groups excluding carboxylic acids is 1. The molecule has 1 amide bonds. The van der Waals surface area contributed by atoms with Gasteiger partial charge < -0.3 is 5.32 Å². The van der Waals surface area contributed by atoms with E-state index >= 15 is 0 Å². The zero-order chi connectivity index (χ0) is 15.9. The molecule has 21 heavy (non-hydrogen) atoms. The molecule has 0 aliphatic heterocycles. The second-order valence-electron chi connectivity index (χ2n) is 5.55. The van der Waals surface area contributed by atoms with Crippen LogP contribution in [0.2, 0.25) is 0 Å². The largest absolute Gasteiger partial charge is 0.364 e. The smallest absolute Gasteiger partial charge is 0.225 e. The molecule has 0 bridgehead atoms. The summed E-state index contributed by atoms with van der Waals surface area (Å²) < 4.78 is 1.20. The number of hydrogen-bond donors (Lipinski definition) is 3. The van der Waals surface area contributed by atoms with Gasteiger partial charge in [0.2, 0.25) is 6.41 Å². The zero-order valence-corrected chi connectivity index (χ0v) is 15.0. The van der Waals surface area contributed by atoms with E-state index in [1.165, 1.54) is 22.9 Å². The Morgan fingerprint density at radius 1 is 1.48 bits per heavy atom. The van der Waals surface area contributed by atoms with Crippen molar-refractivity contribution in [3.05, 3.63) is 34.3 Å². The first-order valence-corrected chi connectivity index (χ1v) is 8.04. The van der Waals surface area contributed by atoms with Crippen molar-refractivity contribution in [1.29, 1.82) is 0 Å². The molecule has 1 aromatic rings. The summed E-state index contributed by atoms with van der Waals surface area (Å²) in [6.45, 7) is 4.70. The fourth-order valence-corrected chi connectivity index (χ4v) is 3.19. The lowest BCUT2D eigenvalue weighted by Crippen LogP contribution is -2.41. The van der Waals surface area contributed by atoms with Gasteiger partial charge in [0.05, 0.1) is 0 Å². The highest BCUT2D eigenvalue weighted by atomic mass is 79.9. The lowest BCUT2D eigenvalue weighted by Gasteiger charge is -2.44. The number of hydrogen-bond acceptors (Lipinski definition) is 2. The van der Waals surface area contributed by atoms with E-state index < -0.39 is 0 Å². The molecule has 2 rings (SSSR count). The molecule has 4 nitrogen and oxygen atoms in total. The molecule has 1 aromatic carbocycles. The molecule has 1 fully saturated rings. The Balaban J connectivity index is 0.000000240. The summed E-state index contributed by atoms with van der Waals surface area (Å²) in [6, 6.07) is 8.73. The first-order chi connectivity index (χ1) is 9.91. The molecular formula is C15H22BrN3OS. The third-order valence-electron chi connectivity index (χ3n) is 3.59. The van der Waals surface area contributed by atoms with Gasteiger partial charge in [0.1, 0.15) is 0 Å². The highest BCUT2D eigenvalue weighted by molar-refractivity contribution is 9.10. The molecule has 6 heteroatoms. The van der Waals surface area contributed by atoms with Crippen molar-refractivity contribution in [1.82, 2.24) is 16.2 Å². The lowest BCUT2D eigenvalue weighted by atomic mass is 9.60. The highest BCUT2D eigenvalue weighted by Crippen LogP contribution is 2.47. The number of nitrogens with one attached hydrogen (secondary N) is 3. The Kier molecular flexibility index (Phi) is 7.11. The zero-order valence-electron chi connectivity index (χ0n) is 12.6. The Morgan fingerprint density at radius 2 is 2.14 bits per heavy atom. The van der Waals surface area contributed by atoms with E-state index in [9.17, 15) is 4.79 Å². The van der Waals surface area contributed by atoms with Gasteiger partial charge in [0, 0.05) is 11.5 Å². The van der Waals surface area contributed by atoms with Crippen molar-refractivity contribution in [3.8, 4) is 0 Å². The first kappa shape index (κ1) is 17.9. The predicted molar refractivity (Wildman–Crippen MR) is 93.9 cm³/mol. The minimum Gasteiger partial charge on any atom is -0.364 e. The fraction of sp³-hybridized carbons (Fsp3) is 0.467. The molecular weight excluding hydrogens is 350 g/mol. The van der Waals surface area contributed by atoms with E-state index in [1.54, 1.807) is 7.05 Å². The van der Waals surface area contributed by atoms with E-state index in [-0.39, 0.29) is 0 Å². The summed E-state index contributed by atoms with van der Waals surface area (Å²) in [5, 5.41) is 2.98. The summed E-state index contributed by atoms with van der Waals surface area (Å²) >= 11 is 8.10. The molecule has 1 saturated carbocycles. The van der Waals surface area contributed by atoms with Crippen LogP contribution in [0.3, 0.4) is 0 Å². The molecule has 1 aliphatic rings. The summed E-state index contributed by atoms with van der Waals surface area (Å²) in [6.07, 6.45) is 3.18. The maximum atomic E-state index is 9.56. The summed E-state index contributed by atoms with van der Waals surface area (Å²) in [7, 11) is 1.65. The second kappa shape index (κ2) is 8.34. The third kappa shape index (κ3) is 5.63.